The lowest BCUT2D eigenvalue weighted by molar-refractivity contribution is -0.0898. The van der Waals surface area contributed by atoms with E-state index in [1.807, 2.05) is 0 Å². The van der Waals surface area contributed by atoms with Gasteiger partial charge in [0.25, 0.3) is 0 Å². The molecule has 16 heavy (non-hydrogen) atoms. The number of alkyl halides is 3. The molecule has 0 atom stereocenters. The van der Waals surface area contributed by atoms with Gasteiger partial charge in [-0.1, -0.05) is 6.58 Å². The summed E-state index contributed by atoms with van der Waals surface area (Å²) in [5.74, 6) is -2.33. The highest BCUT2D eigenvalue weighted by Gasteiger charge is 2.32. The van der Waals surface area contributed by atoms with Gasteiger partial charge in [-0.2, -0.15) is 13.2 Å². The van der Waals surface area contributed by atoms with Gasteiger partial charge in [0.05, 0.1) is 5.69 Å². The monoisotopic (exact) mass is 238 g/mol. The molecule has 0 saturated heterocycles. The Bertz CT molecular complexity index is 425. The molecule has 2 nitrogen and oxygen atoms in total. The molecule has 0 amide bonds. The van der Waals surface area contributed by atoms with E-state index in [4.69, 9.17) is 5.73 Å². The van der Waals surface area contributed by atoms with Crippen LogP contribution in [0.25, 0.3) is 0 Å². The van der Waals surface area contributed by atoms with E-state index in [2.05, 4.69) is 6.58 Å². The van der Waals surface area contributed by atoms with E-state index in [1.165, 1.54) is 0 Å². The second-order valence-electron chi connectivity index (χ2n) is 2.92. The Balaban J connectivity index is 3.00. The van der Waals surface area contributed by atoms with E-state index in [1.54, 1.807) is 5.32 Å². The van der Waals surface area contributed by atoms with Crippen LogP contribution in [0.15, 0.2) is 24.4 Å². The fourth-order valence-corrected chi connectivity index (χ4v) is 0.899. The van der Waals surface area contributed by atoms with E-state index >= 15 is 0 Å². The molecule has 0 radical (unpaired) electrons. The third-order valence-electron chi connectivity index (χ3n) is 1.75. The number of nitrogen functional groups attached to an aromatic ring is 1. The molecule has 0 bridgehead atoms. The predicted molar refractivity (Wildman–Crippen MR) is 49.6 cm³/mol. The second-order valence-corrected chi connectivity index (χ2v) is 2.92. The molecule has 0 aliphatic carbocycles. The minimum Gasteiger partial charge on any atom is -0.394 e. The lowest BCUT2D eigenvalue weighted by atomic mass is 10.2. The molecule has 0 aliphatic rings. The van der Waals surface area contributed by atoms with Crippen LogP contribution in [0.3, 0.4) is 0 Å². The highest BCUT2D eigenvalue weighted by molar-refractivity contribution is 5.59. The molecule has 0 fully saturated rings. The summed E-state index contributed by atoms with van der Waals surface area (Å²) in [4.78, 5) is 0. The zero-order valence-electron chi connectivity index (χ0n) is 7.83. The molecule has 7 heteroatoms. The van der Waals surface area contributed by atoms with Crippen LogP contribution in [0.4, 0.5) is 33.3 Å². The zero-order chi connectivity index (χ0) is 12.5. The molecule has 0 aromatic heterocycles. The minimum atomic E-state index is -4.71. The number of anilines is 2. The Labute approximate surface area is 87.6 Å². The van der Waals surface area contributed by atoms with Gasteiger partial charge in [-0.05, 0) is 12.1 Å². The molecule has 0 heterocycles. The Hall–Kier alpha value is -1.79. The lowest BCUT2D eigenvalue weighted by Gasteiger charge is -2.13. The molecule has 1 rings (SSSR count). The molecule has 0 aliphatic heterocycles. The van der Waals surface area contributed by atoms with Crippen molar-refractivity contribution in [2.45, 2.75) is 6.18 Å². The Kier molecular flexibility index (Phi) is 3.06. The summed E-state index contributed by atoms with van der Waals surface area (Å²) in [6.07, 6.45) is -4.71. The van der Waals surface area contributed by atoms with Crippen molar-refractivity contribution in [3.63, 3.8) is 0 Å². The van der Waals surface area contributed by atoms with Crippen LogP contribution >= 0.6 is 0 Å². The number of allylic oxidation sites excluding steroid dienone is 1. The topological polar surface area (TPSA) is 38.0 Å². The molecular weight excluding hydrogens is 231 g/mol. The lowest BCUT2D eigenvalue weighted by Crippen LogP contribution is -2.18. The molecule has 1 aromatic rings. The SMILES string of the molecule is C=C(Nc1ccc(F)c(N)c1F)C(F)(F)F. The summed E-state index contributed by atoms with van der Waals surface area (Å²) in [7, 11) is 0. The van der Waals surface area contributed by atoms with Crippen molar-refractivity contribution >= 4 is 11.4 Å². The minimum absolute atomic E-state index is 0.582. The third-order valence-corrected chi connectivity index (χ3v) is 1.75. The van der Waals surface area contributed by atoms with Crippen LogP contribution in [-0.4, -0.2) is 6.18 Å². The number of nitrogens with two attached hydrogens (primary N) is 1. The van der Waals surface area contributed by atoms with Gasteiger partial charge in [-0.3, -0.25) is 0 Å². The van der Waals surface area contributed by atoms with Crippen molar-refractivity contribution in [2.24, 2.45) is 0 Å². The van der Waals surface area contributed by atoms with Gasteiger partial charge < -0.3 is 11.1 Å². The first-order chi connectivity index (χ1) is 7.23. The van der Waals surface area contributed by atoms with Crippen LogP contribution in [0.2, 0.25) is 0 Å². The quantitative estimate of drug-likeness (QED) is 0.613. The summed E-state index contributed by atoms with van der Waals surface area (Å²) >= 11 is 0. The molecule has 0 saturated carbocycles. The Morgan fingerprint density at radius 1 is 1.25 bits per heavy atom. The van der Waals surface area contributed by atoms with E-state index < -0.39 is 34.9 Å². The molecule has 0 spiro atoms. The maximum atomic E-state index is 13.2. The van der Waals surface area contributed by atoms with E-state index in [-0.39, 0.29) is 0 Å². The van der Waals surface area contributed by atoms with E-state index in [9.17, 15) is 22.0 Å². The molecular formula is C9H7F5N2. The van der Waals surface area contributed by atoms with Crippen molar-refractivity contribution in [3.05, 3.63) is 36.0 Å². The smallest absolute Gasteiger partial charge is 0.394 e. The summed E-state index contributed by atoms with van der Waals surface area (Å²) in [5.41, 5.74) is 2.17. The number of halogens is 5. The largest absolute Gasteiger partial charge is 0.430 e. The van der Waals surface area contributed by atoms with Crippen LogP contribution in [0, 0.1) is 11.6 Å². The van der Waals surface area contributed by atoms with Gasteiger partial charge in [0, 0.05) is 0 Å². The van der Waals surface area contributed by atoms with Crippen molar-refractivity contribution in [1.82, 2.24) is 0 Å². The molecule has 1 aromatic carbocycles. The fraction of sp³-hybridized carbons (Fsp3) is 0.111. The third kappa shape index (κ3) is 2.41. The number of rotatable bonds is 2. The average molecular weight is 238 g/mol. The molecule has 3 N–H and O–H groups in total. The number of benzene rings is 1. The second kappa shape index (κ2) is 3.99. The van der Waals surface area contributed by atoms with Crippen LogP contribution in [-0.2, 0) is 0 Å². The summed E-state index contributed by atoms with van der Waals surface area (Å²) < 4.78 is 62.0. The molecule has 88 valence electrons. The number of nitrogens with one attached hydrogen (secondary N) is 1. The normalized spacial score (nSPS) is 11.3. The van der Waals surface area contributed by atoms with Crippen LogP contribution < -0.4 is 11.1 Å². The van der Waals surface area contributed by atoms with Crippen molar-refractivity contribution in [1.29, 1.82) is 0 Å². The van der Waals surface area contributed by atoms with Crippen molar-refractivity contribution < 1.29 is 22.0 Å². The predicted octanol–water partition coefficient (Wildman–Crippen LogP) is 3.03. The van der Waals surface area contributed by atoms with Crippen molar-refractivity contribution in [2.75, 3.05) is 11.1 Å². The first-order valence-corrected chi connectivity index (χ1v) is 4.00. The van der Waals surface area contributed by atoms with E-state index in [0.717, 1.165) is 12.1 Å². The molecule has 0 unspecified atom stereocenters. The Morgan fingerprint density at radius 2 is 1.81 bits per heavy atom. The van der Waals surface area contributed by atoms with Gasteiger partial charge >= 0.3 is 6.18 Å². The first kappa shape index (κ1) is 12.3. The van der Waals surface area contributed by atoms with E-state index in [0.29, 0.717) is 0 Å². The maximum Gasteiger partial charge on any atom is 0.430 e. The summed E-state index contributed by atoms with van der Waals surface area (Å²) in [6, 6.07) is 1.56. The van der Waals surface area contributed by atoms with Gasteiger partial charge in [-0.25, -0.2) is 8.78 Å². The fourth-order valence-electron chi connectivity index (χ4n) is 0.899. The summed E-state index contributed by atoms with van der Waals surface area (Å²) in [5, 5.41) is 1.68. The van der Waals surface area contributed by atoms with Crippen LogP contribution in [0.5, 0.6) is 0 Å². The average Bonchev–Trinajstić information content (AvgIpc) is 2.17. The van der Waals surface area contributed by atoms with Gasteiger partial charge in [0.2, 0.25) is 0 Å². The zero-order valence-corrected chi connectivity index (χ0v) is 7.83. The Morgan fingerprint density at radius 3 is 2.31 bits per heavy atom. The van der Waals surface area contributed by atoms with Gasteiger partial charge in [0.1, 0.15) is 17.2 Å². The first-order valence-electron chi connectivity index (χ1n) is 4.00. The van der Waals surface area contributed by atoms with Gasteiger partial charge in [0.15, 0.2) is 5.82 Å². The summed E-state index contributed by atoms with van der Waals surface area (Å²) in [6.45, 7) is 2.68. The maximum absolute atomic E-state index is 13.2. The highest BCUT2D eigenvalue weighted by atomic mass is 19.4. The number of hydrogen-bond donors (Lipinski definition) is 2. The highest BCUT2D eigenvalue weighted by Crippen LogP contribution is 2.29. The standard InChI is InChI=1S/C9H7F5N2/c1-4(9(12,13)14)16-6-3-2-5(10)8(15)7(6)11/h2-3,16H,1,15H2. The number of hydrogen-bond acceptors (Lipinski definition) is 2. The van der Waals surface area contributed by atoms with Crippen LogP contribution in [0.1, 0.15) is 0 Å². The van der Waals surface area contributed by atoms with Gasteiger partial charge in [-0.15, -0.1) is 0 Å². The van der Waals surface area contributed by atoms with Crippen molar-refractivity contribution in [3.8, 4) is 0 Å².